The molecule has 1 atom stereocenters. The summed E-state index contributed by atoms with van der Waals surface area (Å²) in [4.78, 5) is 20.2. The van der Waals surface area contributed by atoms with Crippen LogP contribution in [0.3, 0.4) is 0 Å². The summed E-state index contributed by atoms with van der Waals surface area (Å²) < 4.78 is 13.5. The largest absolute Gasteiger partial charge is 0.480 e. The van der Waals surface area contributed by atoms with E-state index in [-0.39, 0.29) is 5.82 Å². The minimum absolute atomic E-state index is 0.309. The minimum atomic E-state index is -0.806. The summed E-state index contributed by atoms with van der Waals surface area (Å²) in [5.74, 6) is -0.566. The van der Waals surface area contributed by atoms with Gasteiger partial charge in [-0.25, -0.2) is 9.37 Å². The van der Waals surface area contributed by atoms with Crippen LogP contribution in [0.5, 0.6) is 0 Å². The molecule has 3 rings (SSSR count). The number of carbonyl (C=O) groups is 1. The highest BCUT2D eigenvalue weighted by Gasteiger charge is 2.30. The Kier molecular flexibility index (Phi) is 2.94. The van der Waals surface area contributed by atoms with E-state index in [0.29, 0.717) is 29.8 Å². The fraction of sp³-hybridized carbons (Fsp3) is 0.385. The Morgan fingerprint density at radius 1 is 1.58 bits per heavy atom. The van der Waals surface area contributed by atoms with Gasteiger partial charge in [0.15, 0.2) is 5.82 Å². The molecule has 0 aliphatic carbocycles. The number of likely N-dealkylation sites (tertiary alicyclic amines) is 1. The Hall–Kier alpha value is -1.95. The first-order valence-electron chi connectivity index (χ1n) is 6.25. The molecule has 2 aromatic rings. The van der Waals surface area contributed by atoms with E-state index < -0.39 is 12.0 Å². The Morgan fingerprint density at radius 3 is 3.16 bits per heavy atom. The van der Waals surface area contributed by atoms with Gasteiger partial charge >= 0.3 is 5.97 Å². The third-order valence-electron chi connectivity index (χ3n) is 3.51. The highest BCUT2D eigenvalue weighted by molar-refractivity contribution is 5.76. The van der Waals surface area contributed by atoms with Crippen molar-refractivity contribution in [1.29, 1.82) is 0 Å². The van der Waals surface area contributed by atoms with Gasteiger partial charge in [-0.1, -0.05) is 6.07 Å². The van der Waals surface area contributed by atoms with Gasteiger partial charge in [0.1, 0.15) is 17.4 Å². The summed E-state index contributed by atoms with van der Waals surface area (Å²) in [6, 6.07) is 4.28. The molecular formula is C13H14FN3O2. The monoisotopic (exact) mass is 263 g/mol. The highest BCUT2D eigenvalue weighted by Crippen LogP contribution is 2.21. The summed E-state index contributed by atoms with van der Waals surface area (Å²) >= 11 is 0. The lowest BCUT2D eigenvalue weighted by Gasteiger charge is -2.19. The number of hydrogen-bond acceptors (Lipinski definition) is 3. The topological polar surface area (TPSA) is 69.2 Å². The number of nitrogens with zero attached hydrogens (tertiary/aromatic N) is 2. The summed E-state index contributed by atoms with van der Waals surface area (Å²) in [5, 5.41) is 9.11. The molecule has 0 radical (unpaired) electrons. The molecule has 0 saturated carbocycles. The number of nitrogens with one attached hydrogen (secondary N) is 1. The number of H-pyrrole nitrogens is 1. The van der Waals surface area contributed by atoms with Crippen LogP contribution in [-0.4, -0.2) is 38.5 Å². The smallest absolute Gasteiger partial charge is 0.320 e. The number of aliphatic carboxylic acids is 1. The number of benzene rings is 1. The predicted molar refractivity (Wildman–Crippen MR) is 67.1 cm³/mol. The van der Waals surface area contributed by atoms with E-state index in [9.17, 15) is 9.18 Å². The Balaban J connectivity index is 1.85. The lowest BCUT2D eigenvalue weighted by molar-refractivity contribution is -0.142. The lowest BCUT2D eigenvalue weighted by atomic mass is 10.2. The van der Waals surface area contributed by atoms with Gasteiger partial charge in [0.25, 0.3) is 0 Å². The van der Waals surface area contributed by atoms with Gasteiger partial charge in [-0.3, -0.25) is 9.69 Å². The third-order valence-corrected chi connectivity index (χ3v) is 3.51. The molecule has 1 aliphatic rings. The molecule has 6 heteroatoms. The average Bonchev–Trinajstić information content (AvgIpc) is 2.96. The minimum Gasteiger partial charge on any atom is -0.480 e. The normalized spacial score (nSPS) is 20.2. The maximum absolute atomic E-state index is 13.5. The standard InChI is InChI=1S/C13H14FN3O2/c14-8-3-1-4-9-12(8)16-11(15-9)7-17-6-2-5-10(17)13(18)19/h1,3-4,10H,2,5-7H2,(H,15,16)(H,18,19)/t10-/m1/s1. The van der Waals surface area contributed by atoms with Crippen molar-refractivity contribution in [2.75, 3.05) is 6.54 Å². The number of aromatic amines is 1. The van der Waals surface area contributed by atoms with Crippen LogP contribution in [0.25, 0.3) is 11.0 Å². The van der Waals surface area contributed by atoms with Crippen LogP contribution in [0.15, 0.2) is 18.2 Å². The number of aromatic nitrogens is 2. The van der Waals surface area contributed by atoms with Crippen molar-refractivity contribution >= 4 is 17.0 Å². The molecule has 0 amide bonds. The summed E-state index contributed by atoms with van der Waals surface area (Å²) in [7, 11) is 0. The Bertz CT molecular complexity index is 625. The number of hydrogen-bond donors (Lipinski definition) is 2. The van der Waals surface area contributed by atoms with Crippen LogP contribution in [0.2, 0.25) is 0 Å². The molecule has 0 bridgehead atoms. The van der Waals surface area contributed by atoms with Crippen molar-refractivity contribution in [1.82, 2.24) is 14.9 Å². The van der Waals surface area contributed by atoms with Crippen molar-refractivity contribution in [2.24, 2.45) is 0 Å². The van der Waals surface area contributed by atoms with Gasteiger partial charge in [-0.2, -0.15) is 0 Å². The molecule has 1 aromatic carbocycles. The highest BCUT2D eigenvalue weighted by atomic mass is 19.1. The van der Waals surface area contributed by atoms with Crippen molar-refractivity contribution in [2.45, 2.75) is 25.4 Å². The Labute approximate surface area is 109 Å². The molecular weight excluding hydrogens is 249 g/mol. The molecule has 19 heavy (non-hydrogen) atoms. The van der Waals surface area contributed by atoms with Crippen LogP contribution in [-0.2, 0) is 11.3 Å². The number of carboxylic acids is 1. The van der Waals surface area contributed by atoms with Crippen LogP contribution in [0.1, 0.15) is 18.7 Å². The lowest BCUT2D eigenvalue weighted by Crippen LogP contribution is -2.35. The zero-order valence-corrected chi connectivity index (χ0v) is 10.3. The molecule has 0 spiro atoms. The predicted octanol–water partition coefficient (Wildman–Crippen LogP) is 1.75. The van der Waals surface area contributed by atoms with Gasteiger partial charge in [-0.05, 0) is 31.5 Å². The molecule has 1 fully saturated rings. The number of rotatable bonds is 3. The van der Waals surface area contributed by atoms with E-state index in [4.69, 9.17) is 5.11 Å². The molecule has 1 saturated heterocycles. The maximum Gasteiger partial charge on any atom is 0.320 e. The number of carboxylic acid groups (broad SMARTS) is 1. The second-order valence-corrected chi connectivity index (χ2v) is 4.79. The van der Waals surface area contributed by atoms with Crippen molar-refractivity contribution in [3.63, 3.8) is 0 Å². The maximum atomic E-state index is 13.5. The van der Waals surface area contributed by atoms with E-state index in [1.165, 1.54) is 6.07 Å². The molecule has 0 unspecified atom stereocenters. The van der Waals surface area contributed by atoms with Gasteiger partial charge in [0.2, 0.25) is 0 Å². The van der Waals surface area contributed by atoms with Crippen LogP contribution in [0, 0.1) is 5.82 Å². The third kappa shape index (κ3) is 2.19. The summed E-state index contributed by atoms with van der Waals surface area (Å²) in [6.07, 6.45) is 1.52. The van der Waals surface area contributed by atoms with E-state index in [1.807, 2.05) is 4.90 Å². The fourth-order valence-corrected chi connectivity index (χ4v) is 2.61. The van der Waals surface area contributed by atoms with Crippen molar-refractivity contribution in [3.05, 3.63) is 29.8 Å². The van der Waals surface area contributed by atoms with E-state index in [0.717, 1.165) is 13.0 Å². The zero-order valence-electron chi connectivity index (χ0n) is 10.3. The zero-order chi connectivity index (χ0) is 13.4. The van der Waals surface area contributed by atoms with E-state index in [2.05, 4.69) is 9.97 Å². The molecule has 2 N–H and O–H groups in total. The summed E-state index contributed by atoms with van der Waals surface area (Å²) in [6.45, 7) is 1.14. The van der Waals surface area contributed by atoms with Crippen LogP contribution >= 0.6 is 0 Å². The number of halogens is 1. The molecule has 2 heterocycles. The molecule has 1 aromatic heterocycles. The van der Waals surface area contributed by atoms with Gasteiger partial charge in [0, 0.05) is 0 Å². The number of para-hydroxylation sites is 1. The molecule has 1 aliphatic heterocycles. The van der Waals surface area contributed by atoms with Crippen LogP contribution in [0.4, 0.5) is 4.39 Å². The van der Waals surface area contributed by atoms with Gasteiger partial charge < -0.3 is 10.1 Å². The number of fused-ring (bicyclic) bond motifs is 1. The average molecular weight is 263 g/mol. The van der Waals surface area contributed by atoms with E-state index >= 15 is 0 Å². The quantitative estimate of drug-likeness (QED) is 0.885. The van der Waals surface area contributed by atoms with Crippen LogP contribution < -0.4 is 0 Å². The second kappa shape index (κ2) is 4.62. The molecule has 100 valence electrons. The van der Waals surface area contributed by atoms with Crippen molar-refractivity contribution in [3.8, 4) is 0 Å². The molecule has 5 nitrogen and oxygen atoms in total. The Morgan fingerprint density at radius 2 is 2.42 bits per heavy atom. The van der Waals surface area contributed by atoms with E-state index in [1.54, 1.807) is 12.1 Å². The van der Waals surface area contributed by atoms with Gasteiger partial charge in [0.05, 0.1) is 12.1 Å². The first-order chi connectivity index (χ1) is 9.15. The number of imidazole rings is 1. The SMILES string of the molecule is O=C(O)[C@H]1CCCN1Cc1nc2c(F)cccc2[nH]1. The first-order valence-corrected chi connectivity index (χ1v) is 6.25. The van der Waals surface area contributed by atoms with Gasteiger partial charge in [-0.15, -0.1) is 0 Å². The first kappa shape index (κ1) is 12.1. The summed E-state index contributed by atoms with van der Waals surface area (Å²) in [5.41, 5.74) is 0.949. The van der Waals surface area contributed by atoms with Crippen molar-refractivity contribution < 1.29 is 14.3 Å². The second-order valence-electron chi connectivity index (χ2n) is 4.79. The fourth-order valence-electron chi connectivity index (χ4n) is 2.61.